The molecular weight excluding hydrogens is 340 g/mol. The van der Waals surface area contributed by atoms with Crippen molar-refractivity contribution in [1.29, 1.82) is 0 Å². The molecule has 3 aromatic carbocycles. The molecule has 4 rings (SSSR count). The second-order valence-electron chi connectivity index (χ2n) is 6.17. The molecule has 0 spiro atoms. The maximum absolute atomic E-state index is 5.95. The van der Waals surface area contributed by atoms with Gasteiger partial charge in [0.05, 0.1) is 16.6 Å². The highest BCUT2D eigenvalue weighted by Gasteiger charge is 2.15. The Bertz CT molecular complexity index is 1090. The second kappa shape index (κ2) is 6.69. The van der Waals surface area contributed by atoms with E-state index in [-0.39, 0.29) is 11.2 Å². The minimum absolute atomic E-state index is 0.204. The second-order valence-corrected chi connectivity index (χ2v) is 6.69. The van der Waals surface area contributed by atoms with Gasteiger partial charge in [-0.3, -0.25) is 0 Å². The Morgan fingerprint density at radius 2 is 1.58 bits per heavy atom. The molecule has 0 aliphatic heterocycles. The maximum Gasteiger partial charge on any atom is 0.220 e. The average Bonchev–Trinajstić information content (AvgIpc) is 2.66. The molecule has 1 aromatic heterocycles. The normalized spacial score (nSPS) is 12.2. The lowest BCUT2D eigenvalue weighted by Crippen LogP contribution is -2.04. The Balaban J connectivity index is 1.76. The van der Waals surface area contributed by atoms with Gasteiger partial charge < -0.3 is 11.5 Å². The quantitative estimate of drug-likeness (QED) is 0.373. The summed E-state index contributed by atoms with van der Waals surface area (Å²) in [6.45, 7) is 0. The molecule has 1 heterocycles. The lowest BCUT2D eigenvalue weighted by Gasteiger charge is -2.14. The molecule has 0 aliphatic carbocycles. The van der Waals surface area contributed by atoms with E-state index < -0.39 is 0 Å². The van der Waals surface area contributed by atoms with E-state index in [1.807, 2.05) is 42.5 Å². The summed E-state index contributed by atoms with van der Waals surface area (Å²) in [5.74, 6) is 0.222. The molecule has 0 fully saturated rings. The van der Waals surface area contributed by atoms with E-state index in [2.05, 4.69) is 40.3 Å². The SMILES string of the molecule is Nc1cccc(-c2cc([C@@H](S)c3ccc4ccccc4c3)nc(N)n2)c1. The maximum atomic E-state index is 5.95. The standard InChI is InChI=1S/C21H18N4S/c22-17-7-3-6-15(11-17)18-12-19(25-21(23)24-18)20(26)16-9-8-13-4-1-2-5-14(13)10-16/h1-12,20,26H,22H2,(H2,23,24,25)/t20-/m0/s1. The fourth-order valence-electron chi connectivity index (χ4n) is 3.02. The molecule has 0 saturated heterocycles. The first-order chi connectivity index (χ1) is 12.6. The van der Waals surface area contributed by atoms with Crippen molar-refractivity contribution in [3.05, 3.63) is 84.1 Å². The van der Waals surface area contributed by atoms with Crippen LogP contribution in [0.15, 0.2) is 72.8 Å². The van der Waals surface area contributed by atoms with Crippen molar-refractivity contribution in [2.45, 2.75) is 5.25 Å². The molecule has 0 saturated carbocycles. The monoisotopic (exact) mass is 358 g/mol. The summed E-state index contributed by atoms with van der Waals surface area (Å²) in [4.78, 5) is 8.75. The van der Waals surface area contributed by atoms with Crippen molar-refractivity contribution in [3.63, 3.8) is 0 Å². The Kier molecular flexibility index (Phi) is 4.22. The van der Waals surface area contributed by atoms with Gasteiger partial charge in [-0.05, 0) is 40.6 Å². The summed E-state index contributed by atoms with van der Waals surface area (Å²) in [7, 11) is 0. The number of nitrogens with two attached hydrogens (primary N) is 2. The number of hydrogen-bond acceptors (Lipinski definition) is 5. The highest BCUT2D eigenvalue weighted by Crippen LogP contribution is 2.32. The summed E-state index contributed by atoms with van der Waals surface area (Å²) in [6, 6.07) is 24.0. The predicted octanol–water partition coefficient (Wildman–Crippen LogP) is 4.48. The number of thiol groups is 1. The lowest BCUT2D eigenvalue weighted by atomic mass is 10.0. The van der Waals surface area contributed by atoms with Crippen molar-refractivity contribution in [3.8, 4) is 11.3 Å². The fraction of sp³-hybridized carbons (Fsp3) is 0.0476. The van der Waals surface area contributed by atoms with Crippen molar-refractivity contribution in [2.24, 2.45) is 0 Å². The molecule has 0 amide bonds. The van der Waals surface area contributed by atoms with Gasteiger partial charge in [-0.25, -0.2) is 9.97 Å². The van der Waals surface area contributed by atoms with Gasteiger partial charge in [-0.2, -0.15) is 12.6 Å². The van der Waals surface area contributed by atoms with Gasteiger partial charge in [0.25, 0.3) is 0 Å². The minimum Gasteiger partial charge on any atom is -0.399 e. The number of aromatic nitrogens is 2. The molecule has 1 atom stereocenters. The predicted molar refractivity (Wildman–Crippen MR) is 111 cm³/mol. The van der Waals surface area contributed by atoms with E-state index in [0.29, 0.717) is 5.69 Å². The van der Waals surface area contributed by atoms with Crippen molar-refractivity contribution in [1.82, 2.24) is 9.97 Å². The number of benzene rings is 3. The first-order valence-corrected chi connectivity index (χ1v) is 8.79. The number of hydrogen-bond donors (Lipinski definition) is 3. The summed E-state index contributed by atoms with van der Waals surface area (Å²) in [6.07, 6.45) is 0. The summed E-state index contributed by atoms with van der Waals surface area (Å²) >= 11 is 4.79. The molecule has 4 N–H and O–H groups in total. The number of nitrogens with zero attached hydrogens (tertiary/aromatic N) is 2. The number of anilines is 2. The molecule has 4 aromatic rings. The van der Waals surface area contributed by atoms with E-state index in [1.165, 1.54) is 10.8 Å². The van der Waals surface area contributed by atoms with Crippen molar-refractivity contribution >= 4 is 35.0 Å². The van der Waals surface area contributed by atoms with Gasteiger partial charge in [0.15, 0.2) is 0 Å². The summed E-state index contributed by atoms with van der Waals surface area (Å²) in [5.41, 5.74) is 16.0. The van der Waals surface area contributed by atoms with E-state index in [1.54, 1.807) is 0 Å². The first-order valence-electron chi connectivity index (χ1n) is 8.27. The van der Waals surface area contributed by atoms with Gasteiger partial charge in [-0.15, -0.1) is 0 Å². The lowest BCUT2D eigenvalue weighted by molar-refractivity contribution is 1.03. The van der Waals surface area contributed by atoms with Crippen LogP contribution >= 0.6 is 12.6 Å². The molecule has 5 heteroatoms. The Morgan fingerprint density at radius 3 is 2.38 bits per heavy atom. The molecule has 26 heavy (non-hydrogen) atoms. The molecule has 0 unspecified atom stereocenters. The third-order valence-electron chi connectivity index (χ3n) is 4.32. The van der Waals surface area contributed by atoms with Gasteiger partial charge in [-0.1, -0.05) is 48.5 Å². The molecule has 4 nitrogen and oxygen atoms in total. The number of nitrogen functional groups attached to an aromatic ring is 2. The summed E-state index contributed by atoms with van der Waals surface area (Å²) < 4.78 is 0. The number of rotatable bonds is 3. The first kappa shape index (κ1) is 16.4. The molecule has 0 aliphatic rings. The van der Waals surface area contributed by atoms with E-state index in [4.69, 9.17) is 24.1 Å². The Hall–Kier alpha value is -3.05. The van der Waals surface area contributed by atoms with E-state index in [0.717, 1.165) is 22.5 Å². The van der Waals surface area contributed by atoms with Crippen LogP contribution in [0, 0.1) is 0 Å². The van der Waals surface area contributed by atoms with Crippen LogP contribution in [-0.4, -0.2) is 9.97 Å². The van der Waals surface area contributed by atoms with Crippen LogP contribution in [0.3, 0.4) is 0 Å². The zero-order valence-corrected chi connectivity index (χ0v) is 14.9. The van der Waals surface area contributed by atoms with Crippen LogP contribution < -0.4 is 11.5 Å². The van der Waals surface area contributed by atoms with Crippen LogP contribution in [0.1, 0.15) is 16.5 Å². The van der Waals surface area contributed by atoms with E-state index >= 15 is 0 Å². The topological polar surface area (TPSA) is 77.8 Å². The van der Waals surface area contributed by atoms with Crippen LogP contribution in [0.25, 0.3) is 22.0 Å². The zero-order chi connectivity index (χ0) is 18.1. The van der Waals surface area contributed by atoms with Crippen molar-refractivity contribution < 1.29 is 0 Å². The largest absolute Gasteiger partial charge is 0.399 e. The Morgan fingerprint density at radius 1 is 0.769 bits per heavy atom. The van der Waals surface area contributed by atoms with Gasteiger partial charge in [0.1, 0.15) is 0 Å². The Labute approximate surface area is 157 Å². The number of fused-ring (bicyclic) bond motifs is 1. The van der Waals surface area contributed by atoms with Gasteiger partial charge in [0.2, 0.25) is 5.95 Å². The fourth-order valence-corrected chi connectivity index (χ4v) is 3.31. The van der Waals surface area contributed by atoms with Gasteiger partial charge >= 0.3 is 0 Å². The smallest absolute Gasteiger partial charge is 0.220 e. The van der Waals surface area contributed by atoms with Gasteiger partial charge in [0, 0.05) is 11.3 Å². The molecule has 128 valence electrons. The minimum atomic E-state index is -0.204. The van der Waals surface area contributed by atoms with Crippen LogP contribution in [0.2, 0.25) is 0 Å². The highest BCUT2D eigenvalue weighted by molar-refractivity contribution is 7.80. The van der Waals surface area contributed by atoms with Crippen LogP contribution in [0.5, 0.6) is 0 Å². The molecule has 0 radical (unpaired) electrons. The molecular formula is C21H18N4S. The van der Waals surface area contributed by atoms with E-state index in [9.17, 15) is 0 Å². The highest BCUT2D eigenvalue weighted by atomic mass is 32.1. The van der Waals surface area contributed by atoms with Crippen LogP contribution in [-0.2, 0) is 0 Å². The van der Waals surface area contributed by atoms with Crippen LogP contribution in [0.4, 0.5) is 11.6 Å². The molecule has 0 bridgehead atoms. The average molecular weight is 358 g/mol. The third-order valence-corrected chi connectivity index (χ3v) is 4.88. The third kappa shape index (κ3) is 3.21. The summed E-state index contributed by atoms with van der Waals surface area (Å²) in [5, 5.41) is 2.16. The zero-order valence-electron chi connectivity index (χ0n) is 14.0. The van der Waals surface area contributed by atoms with Crippen molar-refractivity contribution in [2.75, 3.05) is 11.5 Å².